The van der Waals surface area contributed by atoms with Gasteiger partial charge in [0.1, 0.15) is 0 Å². The van der Waals surface area contributed by atoms with E-state index in [0.717, 1.165) is 32.1 Å². The van der Waals surface area contributed by atoms with Gasteiger partial charge in [-0.3, -0.25) is 14.5 Å². The molecule has 3 aliphatic rings. The minimum atomic E-state index is -0.319. The van der Waals surface area contributed by atoms with Crippen LogP contribution in [0.1, 0.15) is 39.0 Å². The summed E-state index contributed by atoms with van der Waals surface area (Å²) >= 11 is 5.08. The van der Waals surface area contributed by atoms with E-state index in [1.165, 1.54) is 4.90 Å². The van der Waals surface area contributed by atoms with Crippen molar-refractivity contribution in [2.75, 3.05) is 0 Å². The predicted molar refractivity (Wildman–Crippen MR) is 75.1 cm³/mol. The molecule has 3 atom stereocenters. The first-order valence-corrected chi connectivity index (χ1v) is 7.61. The van der Waals surface area contributed by atoms with Crippen molar-refractivity contribution >= 4 is 29.0 Å². The van der Waals surface area contributed by atoms with Gasteiger partial charge in [-0.15, -0.1) is 0 Å². The van der Waals surface area contributed by atoms with E-state index in [0.29, 0.717) is 16.8 Å². The zero-order chi connectivity index (χ0) is 13.7. The molecule has 5 heteroatoms. The summed E-state index contributed by atoms with van der Waals surface area (Å²) in [5.41, 5.74) is 5.77. The van der Waals surface area contributed by atoms with Crippen molar-refractivity contribution in [3.05, 3.63) is 0 Å². The quantitative estimate of drug-likeness (QED) is 0.626. The molecular weight excluding hydrogens is 260 g/mol. The first kappa shape index (κ1) is 13.0. The number of nitrogens with two attached hydrogens (primary N) is 1. The molecule has 104 valence electrons. The Labute approximate surface area is 118 Å². The van der Waals surface area contributed by atoms with Crippen LogP contribution >= 0.6 is 12.2 Å². The maximum atomic E-state index is 12.5. The van der Waals surface area contributed by atoms with Gasteiger partial charge < -0.3 is 5.73 Å². The third-order valence-corrected chi connectivity index (χ3v) is 5.23. The number of thiocarbonyl (C=S) groups is 1. The zero-order valence-corrected chi connectivity index (χ0v) is 12.0. The Morgan fingerprint density at radius 3 is 2.21 bits per heavy atom. The van der Waals surface area contributed by atoms with Crippen LogP contribution in [0.4, 0.5) is 0 Å². The van der Waals surface area contributed by atoms with Gasteiger partial charge in [-0.25, -0.2) is 0 Å². The number of amides is 2. The second-order valence-corrected chi connectivity index (χ2v) is 6.66. The van der Waals surface area contributed by atoms with E-state index < -0.39 is 0 Å². The number of hydrogen-bond acceptors (Lipinski definition) is 3. The Kier molecular flexibility index (Phi) is 3.12. The smallest absolute Gasteiger partial charge is 0.233 e. The van der Waals surface area contributed by atoms with Crippen LogP contribution in [0.25, 0.3) is 0 Å². The molecule has 0 bridgehead atoms. The molecule has 2 amide bonds. The molecule has 0 aromatic carbocycles. The molecule has 4 nitrogen and oxygen atoms in total. The highest BCUT2D eigenvalue weighted by Crippen LogP contribution is 2.47. The zero-order valence-electron chi connectivity index (χ0n) is 11.2. The van der Waals surface area contributed by atoms with Gasteiger partial charge in [-0.05, 0) is 37.5 Å². The average Bonchev–Trinajstić information content (AvgIpc) is 3.05. The van der Waals surface area contributed by atoms with Crippen LogP contribution in [-0.4, -0.2) is 27.7 Å². The molecule has 3 fully saturated rings. The fourth-order valence-corrected chi connectivity index (χ4v) is 4.04. The fraction of sp³-hybridized carbons (Fsp3) is 0.786. The van der Waals surface area contributed by atoms with Crippen molar-refractivity contribution < 1.29 is 9.59 Å². The lowest BCUT2D eigenvalue weighted by atomic mass is 10.00. The molecule has 1 aliphatic heterocycles. The van der Waals surface area contributed by atoms with Gasteiger partial charge >= 0.3 is 0 Å². The average molecular weight is 280 g/mol. The second kappa shape index (κ2) is 4.54. The van der Waals surface area contributed by atoms with Crippen LogP contribution in [0.3, 0.4) is 0 Å². The van der Waals surface area contributed by atoms with Crippen molar-refractivity contribution in [2.24, 2.45) is 29.4 Å². The topological polar surface area (TPSA) is 63.4 Å². The molecule has 3 unspecified atom stereocenters. The number of imide groups is 1. The van der Waals surface area contributed by atoms with Crippen molar-refractivity contribution in [1.29, 1.82) is 0 Å². The van der Waals surface area contributed by atoms with E-state index in [-0.39, 0.29) is 29.7 Å². The lowest BCUT2D eigenvalue weighted by Gasteiger charge is -2.26. The van der Waals surface area contributed by atoms with Crippen LogP contribution in [0, 0.1) is 23.7 Å². The number of likely N-dealkylation sites (tertiary alicyclic amines) is 1. The number of fused-ring (bicyclic) bond motifs is 1. The summed E-state index contributed by atoms with van der Waals surface area (Å²) in [6, 6.07) is -0.319. The van der Waals surface area contributed by atoms with Gasteiger partial charge in [0.15, 0.2) is 0 Å². The van der Waals surface area contributed by atoms with Gasteiger partial charge in [0.05, 0.1) is 22.9 Å². The van der Waals surface area contributed by atoms with E-state index in [2.05, 4.69) is 6.92 Å². The summed E-state index contributed by atoms with van der Waals surface area (Å²) in [4.78, 5) is 26.8. The van der Waals surface area contributed by atoms with Crippen LogP contribution in [0.15, 0.2) is 0 Å². The van der Waals surface area contributed by atoms with Gasteiger partial charge in [-0.1, -0.05) is 25.6 Å². The summed E-state index contributed by atoms with van der Waals surface area (Å²) in [6.07, 6.45) is 4.81. The summed E-state index contributed by atoms with van der Waals surface area (Å²) < 4.78 is 0. The predicted octanol–water partition coefficient (Wildman–Crippen LogP) is 1.47. The molecule has 2 saturated carbocycles. The third kappa shape index (κ3) is 1.98. The van der Waals surface area contributed by atoms with E-state index in [1.54, 1.807) is 0 Å². The molecule has 19 heavy (non-hydrogen) atoms. The van der Waals surface area contributed by atoms with E-state index in [1.807, 2.05) is 0 Å². The highest BCUT2D eigenvalue weighted by atomic mass is 32.1. The molecule has 0 aromatic rings. The Bertz CT molecular complexity index is 423. The first-order chi connectivity index (χ1) is 9.04. The van der Waals surface area contributed by atoms with Crippen LogP contribution in [0.5, 0.6) is 0 Å². The Hall–Kier alpha value is -0.970. The van der Waals surface area contributed by atoms with Gasteiger partial charge in [0.25, 0.3) is 0 Å². The van der Waals surface area contributed by atoms with Crippen LogP contribution in [-0.2, 0) is 9.59 Å². The Balaban J connectivity index is 1.84. The standard InChI is InChI=1S/C14H20N2O2S/c1-2-7-5-9-10(6-7)14(18)16(13(9)17)11(12(15)19)8-3-4-8/h7-11H,2-6H2,1H3,(H2,15,19). The number of rotatable bonds is 4. The first-order valence-electron chi connectivity index (χ1n) is 7.20. The largest absolute Gasteiger partial charge is 0.392 e. The van der Waals surface area contributed by atoms with Crippen molar-refractivity contribution in [3.63, 3.8) is 0 Å². The monoisotopic (exact) mass is 280 g/mol. The van der Waals surface area contributed by atoms with Crippen molar-refractivity contribution in [1.82, 2.24) is 4.90 Å². The van der Waals surface area contributed by atoms with Crippen LogP contribution < -0.4 is 5.73 Å². The molecular formula is C14H20N2O2S. The maximum Gasteiger partial charge on any atom is 0.233 e. The normalized spacial score (nSPS) is 35.6. The summed E-state index contributed by atoms with van der Waals surface area (Å²) in [5.74, 6) is 0.591. The lowest BCUT2D eigenvalue weighted by Crippen LogP contribution is -2.49. The molecule has 3 rings (SSSR count). The van der Waals surface area contributed by atoms with Crippen LogP contribution in [0.2, 0.25) is 0 Å². The molecule has 2 N–H and O–H groups in total. The fourth-order valence-electron chi connectivity index (χ4n) is 3.74. The maximum absolute atomic E-state index is 12.5. The third-order valence-electron chi connectivity index (χ3n) is 4.99. The molecule has 0 radical (unpaired) electrons. The van der Waals surface area contributed by atoms with Gasteiger partial charge in [-0.2, -0.15) is 0 Å². The Morgan fingerprint density at radius 2 is 1.84 bits per heavy atom. The summed E-state index contributed by atoms with van der Waals surface area (Å²) in [6.45, 7) is 2.13. The Morgan fingerprint density at radius 1 is 1.32 bits per heavy atom. The SMILES string of the molecule is CCC1CC2C(=O)N(C(C(N)=S)C3CC3)C(=O)C2C1. The van der Waals surface area contributed by atoms with Crippen molar-refractivity contribution in [2.45, 2.75) is 45.1 Å². The second-order valence-electron chi connectivity index (χ2n) is 6.19. The molecule has 0 aromatic heterocycles. The van der Waals surface area contributed by atoms with E-state index >= 15 is 0 Å². The molecule has 1 saturated heterocycles. The number of carbonyl (C=O) groups excluding carboxylic acids is 2. The summed E-state index contributed by atoms with van der Waals surface area (Å²) in [5, 5.41) is 0. The highest BCUT2D eigenvalue weighted by Gasteiger charge is 2.56. The molecule has 0 spiro atoms. The van der Waals surface area contributed by atoms with Gasteiger partial charge in [0.2, 0.25) is 11.8 Å². The minimum absolute atomic E-state index is 0.0179. The van der Waals surface area contributed by atoms with Crippen molar-refractivity contribution in [3.8, 4) is 0 Å². The minimum Gasteiger partial charge on any atom is -0.392 e. The van der Waals surface area contributed by atoms with Gasteiger partial charge in [0, 0.05) is 0 Å². The number of carbonyl (C=O) groups is 2. The van der Waals surface area contributed by atoms with E-state index in [4.69, 9.17) is 18.0 Å². The summed E-state index contributed by atoms with van der Waals surface area (Å²) in [7, 11) is 0. The molecule has 2 aliphatic carbocycles. The number of nitrogens with zero attached hydrogens (tertiary/aromatic N) is 1. The lowest BCUT2D eigenvalue weighted by molar-refractivity contribution is -0.142. The molecule has 1 heterocycles. The van der Waals surface area contributed by atoms with E-state index in [9.17, 15) is 9.59 Å². The highest BCUT2D eigenvalue weighted by molar-refractivity contribution is 7.80. The number of hydrogen-bond donors (Lipinski definition) is 1.